The van der Waals surface area contributed by atoms with Gasteiger partial charge in [0.05, 0.1) is 33.1 Å². The minimum absolute atomic E-state index is 0.151. The molecule has 15 aliphatic carbocycles. The van der Waals surface area contributed by atoms with Crippen molar-refractivity contribution in [2.75, 3.05) is 0 Å². The van der Waals surface area contributed by atoms with Gasteiger partial charge < -0.3 is 13.7 Å². The molecule has 24 aromatic rings. The van der Waals surface area contributed by atoms with Crippen LogP contribution in [0.2, 0.25) is 0 Å². The third-order valence-corrected chi connectivity index (χ3v) is 43.1. The van der Waals surface area contributed by atoms with Gasteiger partial charge in [0.25, 0.3) is 0 Å². The molecule has 6 aromatic heterocycles. The number of nitrogens with zero attached hydrogens (tertiary/aromatic N) is 3. The third-order valence-electron chi connectivity index (χ3n) is 39.6. The van der Waals surface area contributed by atoms with Crippen molar-refractivity contribution in [2.24, 2.45) is 71.0 Å². The number of thiophene rings is 3. The first-order valence-electron chi connectivity index (χ1n) is 53.8. The van der Waals surface area contributed by atoms with Crippen molar-refractivity contribution < 1.29 is 0 Å². The van der Waals surface area contributed by atoms with Gasteiger partial charge >= 0.3 is 0 Å². The van der Waals surface area contributed by atoms with E-state index in [1.54, 1.807) is 33.4 Å². The summed E-state index contributed by atoms with van der Waals surface area (Å²) in [6, 6.07) is 147. The van der Waals surface area contributed by atoms with Gasteiger partial charge in [0.15, 0.2) is 0 Å². The van der Waals surface area contributed by atoms with Crippen LogP contribution in [0.3, 0.4) is 0 Å². The van der Waals surface area contributed by atoms with Crippen molar-refractivity contribution in [3.05, 3.63) is 416 Å². The van der Waals surface area contributed by atoms with Crippen LogP contribution in [-0.2, 0) is 16.2 Å². The standard InChI is InChI=1S/3C46H35NS/c1-4-15-39-32(9-1)33-20-19-31(26-40(33)46(39)29-22-27-21-28(24-29)25-30(46)23-27)47-41-16-5-2-10-34(41)36-13-7-14-37(45(36)47)35-12-8-18-43-44(35)38-11-3-6-17-42(38)48-43;1-4-16-40-32(9-1)33-20-19-31(26-41(33)46(40)29-22-27-21-28(24-29)25-30(46)23-27)47-42-17-5-2-10-34(42)36-12-7-13-37(44(36)47)39-15-8-14-38-35-11-3-6-18-43(35)48-45(38)39;1-4-13-40-34(8-1)35-19-17-32(26-41(35)46(40)30-21-27-20-28(23-30)24-31(46)22-27)47-42-14-5-2-9-36(42)37-18-16-29(25-43(37)47)33-11-7-12-39-38-10-3-6-15-44(38)48-45(33)39/h2*1-20,26-30H,21-25H2;1-19,25-28,30-31H,20-24H2. The highest BCUT2D eigenvalue weighted by molar-refractivity contribution is 7.27. The molecular weight excluding hydrogens is 1800 g/mol. The van der Waals surface area contributed by atoms with Gasteiger partial charge in [-0.2, -0.15) is 0 Å². The molecule has 3 spiro atoms. The highest BCUT2D eigenvalue weighted by atomic mass is 32.1. The molecule has 6 heterocycles. The fraction of sp³-hybridized carbons (Fsp3) is 0.217. The fourth-order valence-corrected chi connectivity index (χ4v) is 38.8. The van der Waals surface area contributed by atoms with Crippen molar-refractivity contribution in [3.8, 4) is 83.8 Å². The van der Waals surface area contributed by atoms with Crippen LogP contribution < -0.4 is 0 Å². The molecule has 0 atom stereocenters. The quantitative estimate of drug-likeness (QED) is 0.158. The summed E-state index contributed by atoms with van der Waals surface area (Å²) in [5.41, 5.74) is 38.7. The third kappa shape index (κ3) is 10.9. The second-order valence-electron chi connectivity index (χ2n) is 45.9. The maximum atomic E-state index is 2.65. The molecule has 6 heteroatoms. The molecule has 0 unspecified atom stereocenters. The van der Waals surface area contributed by atoms with Crippen LogP contribution in [0.4, 0.5) is 0 Å². The minimum atomic E-state index is 0.151. The van der Waals surface area contributed by atoms with Crippen molar-refractivity contribution >= 4 is 160 Å². The molecule has 18 aromatic carbocycles. The summed E-state index contributed by atoms with van der Waals surface area (Å²) >= 11 is 5.75. The number of rotatable bonds is 6. The lowest BCUT2D eigenvalue weighted by atomic mass is 9.43. The molecule has 690 valence electrons. The molecule has 15 aliphatic rings. The van der Waals surface area contributed by atoms with Crippen LogP contribution in [0.25, 0.3) is 210 Å². The van der Waals surface area contributed by atoms with Crippen molar-refractivity contribution in [1.29, 1.82) is 0 Å². The molecule has 0 saturated heterocycles. The molecule has 0 N–H and O–H groups in total. The van der Waals surface area contributed by atoms with Gasteiger partial charge in [-0.1, -0.05) is 297 Å². The first-order valence-corrected chi connectivity index (χ1v) is 56.3. The molecule has 12 fully saturated rings. The molecule has 3 nitrogen and oxygen atoms in total. The van der Waals surface area contributed by atoms with E-state index < -0.39 is 0 Å². The number of aromatic nitrogens is 3. The zero-order valence-corrected chi connectivity index (χ0v) is 82.9. The van der Waals surface area contributed by atoms with Crippen LogP contribution in [0.1, 0.15) is 130 Å². The van der Waals surface area contributed by atoms with Gasteiger partial charge in [0.1, 0.15) is 0 Å². The van der Waals surface area contributed by atoms with Crippen LogP contribution in [0.5, 0.6) is 0 Å². The monoisotopic (exact) mass is 1900 g/mol. The Kier molecular flexibility index (Phi) is 17.0. The summed E-state index contributed by atoms with van der Waals surface area (Å²) in [5, 5.41) is 16.1. The second-order valence-corrected chi connectivity index (χ2v) is 49.1. The Morgan fingerprint density at radius 1 is 0.181 bits per heavy atom. The summed E-state index contributed by atoms with van der Waals surface area (Å²) in [4.78, 5) is 0. The summed E-state index contributed by atoms with van der Waals surface area (Å²) in [5.74, 6) is 10.2. The number of fused-ring (bicyclic) bond motifs is 27. The number of para-hydroxylation sites is 5. The number of hydrogen-bond donors (Lipinski definition) is 0. The van der Waals surface area contributed by atoms with Crippen LogP contribution >= 0.6 is 34.0 Å². The summed E-state index contributed by atoms with van der Waals surface area (Å²) in [6.07, 6.45) is 21.3. The Labute approximate surface area is 849 Å². The Balaban J connectivity index is 0.0000000932. The van der Waals surface area contributed by atoms with E-state index >= 15 is 0 Å². The van der Waals surface area contributed by atoms with E-state index in [1.807, 2.05) is 34.0 Å². The Morgan fingerprint density at radius 2 is 0.479 bits per heavy atom. The van der Waals surface area contributed by atoms with Gasteiger partial charge in [-0.25, -0.2) is 0 Å². The van der Waals surface area contributed by atoms with Gasteiger partial charge in [0.2, 0.25) is 0 Å². The highest BCUT2D eigenvalue weighted by Gasteiger charge is 2.65. The Hall–Kier alpha value is -14.0. The lowest BCUT2D eigenvalue weighted by Crippen LogP contribution is -2.55. The first-order chi connectivity index (χ1) is 71.3. The Bertz CT molecular complexity index is 9610. The lowest BCUT2D eigenvalue weighted by Gasteiger charge is -2.61. The molecule has 39 rings (SSSR count). The largest absolute Gasteiger partial charge is 0.309 e. The lowest BCUT2D eigenvalue weighted by molar-refractivity contribution is -0.0399. The van der Waals surface area contributed by atoms with E-state index in [4.69, 9.17) is 0 Å². The summed E-state index contributed by atoms with van der Waals surface area (Å²) < 4.78 is 16.0. The van der Waals surface area contributed by atoms with E-state index in [0.717, 1.165) is 71.0 Å². The van der Waals surface area contributed by atoms with Crippen LogP contribution in [0.15, 0.2) is 382 Å². The van der Waals surface area contributed by atoms with Crippen LogP contribution in [0, 0.1) is 71.0 Å². The molecule has 144 heavy (non-hydrogen) atoms. The smallest absolute Gasteiger partial charge is 0.0619 e. The first kappa shape index (κ1) is 81.4. The number of benzene rings is 18. The predicted molar refractivity (Wildman–Crippen MR) is 607 cm³/mol. The van der Waals surface area contributed by atoms with Crippen molar-refractivity contribution in [1.82, 2.24) is 13.7 Å². The van der Waals surface area contributed by atoms with Gasteiger partial charge in [-0.15, -0.1) is 34.0 Å². The SMILES string of the molecule is c1ccc2c(c1)-c1ccc(-n3c4ccccc4c4ccc(-c5cccc6c5sc5ccccc56)cc43)cc1C21C2CC3CC(C2)CC1C3.c1ccc2c(c1)-c1ccc(-n3c4ccccc4c4cccc(-c5cccc6c5sc5ccccc56)c43)cc1C21C2CC3CC(C2)CC1C3.c1ccc2c(c1)-c1ccc(-n3c4ccccc4c4cccc(-c5cccc6sc7ccccc7c56)c43)cc1C21C2CC3CC(C2)CC1C3. The maximum Gasteiger partial charge on any atom is 0.0619 e. The van der Waals surface area contributed by atoms with Crippen molar-refractivity contribution in [3.63, 3.8) is 0 Å². The predicted octanol–water partition coefficient (Wildman–Crippen LogP) is 37.6. The topological polar surface area (TPSA) is 14.8 Å². The summed E-state index contributed by atoms with van der Waals surface area (Å²) in [7, 11) is 0. The van der Waals surface area contributed by atoms with Gasteiger partial charge in [-0.05, 0) is 336 Å². The van der Waals surface area contributed by atoms with E-state index in [2.05, 4.69) is 396 Å². The zero-order chi connectivity index (χ0) is 93.4. The zero-order valence-electron chi connectivity index (χ0n) is 80.5. The van der Waals surface area contributed by atoms with E-state index in [1.165, 1.54) is 306 Å². The molecule has 12 saturated carbocycles. The average molecular weight is 1900 g/mol. The molecule has 12 bridgehead atoms. The van der Waals surface area contributed by atoms with E-state index in [0.29, 0.717) is 0 Å². The van der Waals surface area contributed by atoms with Crippen LogP contribution in [-0.4, -0.2) is 13.7 Å². The molecule has 0 aliphatic heterocycles. The highest BCUT2D eigenvalue weighted by Crippen LogP contribution is 2.74. The van der Waals surface area contributed by atoms with Gasteiger partial charge in [0, 0.05) is 143 Å². The van der Waals surface area contributed by atoms with E-state index in [9.17, 15) is 0 Å². The van der Waals surface area contributed by atoms with Crippen molar-refractivity contribution in [2.45, 2.75) is 113 Å². The fourth-order valence-electron chi connectivity index (χ4n) is 35.2. The van der Waals surface area contributed by atoms with Gasteiger partial charge in [-0.3, -0.25) is 0 Å². The minimum Gasteiger partial charge on any atom is -0.309 e. The average Bonchev–Trinajstić information content (AvgIpc) is 1.49. The molecule has 0 radical (unpaired) electrons. The number of hydrogen-bond acceptors (Lipinski definition) is 3. The molecular formula is C138H105N3S3. The Morgan fingerprint density at radius 3 is 0.931 bits per heavy atom. The second kappa shape index (κ2) is 30.1. The van der Waals surface area contributed by atoms with E-state index in [-0.39, 0.29) is 16.2 Å². The maximum absolute atomic E-state index is 2.65. The summed E-state index contributed by atoms with van der Waals surface area (Å²) in [6.45, 7) is 0. The molecule has 0 amide bonds. The normalized spacial score (nSPS) is 25.2.